The highest BCUT2D eigenvalue weighted by Gasteiger charge is 2.44. The van der Waals surface area contributed by atoms with Gasteiger partial charge in [-0.25, -0.2) is 0 Å². The molecule has 0 spiro atoms. The molecule has 2 unspecified atom stereocenters. The highest BCUT2D eigenvalue weighted by Crippen LogP contribution is 2.41. The molecule has 1 fully saturated rings. The lowest BCUT2D eigenvalue weighted by Gasteiger charge is -2.25. The fourth-order valence-electron chi connectivity index (χ4n) is 2.71. The molecular formula is C13H17NO3S. The lowest BCUT2D eigenvalue weighted by Crippen LogP contribution is -2.30. The predicted molar refractivity (Wildman–Crippen MR) is 69.7 cm³/mol. The van der Waals surface area contributed by atoms with Crippen LogP contribution in [0.4, 0.5) is 0 Å². The predicted octanol–water partition coefficient (Wildman–Crippen LogP) is 2.36. The first-order valence-corrected chi connectivity index (χ1v) is 6.86. The van der Waals surface area contributed by atoms with Crippen molar-refractivity contribution in [2.24, 2.45) is 5.92 Å². The summed E-state index contributed by atoms with van der Waals surface area (Å²) < 4.78 is 0. The summed E-state index contributed by atoms with van der Waals surface area (Å²) in [6, 6.07) is 1.71. The summed E-state index contributed by atoms with van der Waals surface area (Å²) in [6.07, 6.45) is 0.113. The first-order valence-electron chi connectivity index (χ1n) is 6.05. The fourth-order valence-corrected chi connectivity index (χ4v) is 3.68. The molecule has 1 aliphatic heterocycles. The number of aryl methyl sites for hydroxylation is 2. The lowest BCUT2D eigenvalue weighted by molar-refractivity contribution is -0.142. The lowest BCUT2D eigenvalue weighted by atomic mass is 9.94. The molecule has 2 heterocycles. The van der Waals surface area contributed by atoms with Crippen LogP contribution in [-0.2, 0) is 9.59 Å². The van der Waals surface area contributed by atoms with Crippen LogP contribution in [0.15, 0.2) is 6.07 Å². The van der Waals surface area contributed by atoms with Crippen LogP contribution in [0.1, 0.15) is 34.7 Å². The van der Waals surface area contributed by atoms with Crippen molar-refractivity contribution in [1.29, 1.82) is 0 Å². The zero-order valence-corrected chi connectivity index (χ0v) is 11.6. The van der Waals surface area contributed by atoms with Gasteiger partial charge in [0.1, 0.15) is 0 Å². The summed E-state index contributed by atoms with van der Waals surface area (Å²) in [5, 5.41) is 9.30. The van der Waals surface area contributed by atoms with Crippen LogP contribution < -0.4 is 0 Å². The Morgan fingerprint density at radius 3 is 2.67 bits per heavy atom. The van der Waals surface area contributed by atoms with Crippen molar-refractivity contribution in [1.82, 2.24) is 4.90 Å². The third-order valence-electron chi connectivity index (χ3n) is 3.49. The number of carbonyl (C=O) groups excluding carboxylic acids is 1. The molecule has 0 bridgehead atoms. The number of hydrogen-bond donors (Lipinski definition) is 1. The number of thiophene rings is 1. The molecule has 0 radical (unpaired) electrons. The summed E-state index contributed by atoms with van der Waals surface area (Å²) in [7, 11) is 0. The Kier molecular flexibility index (Phi) is 3.43. The van der Waals surface area contributed by atoms with Crippen LogP contribution in [0.5, 0.6) is 0 Å². The van der Waals surface area contributed by atoms with Crippen LogP contribution in [-0.4, -0.2) is 28.4 Å². The Labute approximate surface area is 110 Å². The monoisotopic (exact) mass is 267 g/mol. The van der Waals surface area contributed by atoms with E-state index >= 15 is 0 Å². The third kappa shape index (κ3) is 2.03. The van der Waals surface area contributed by atoms with Crippen molar-refractivity contribution in [2.45, 2.75) is 33.2 Å². The van der Waals surface area contributed by atoms with Crippen molar-refractivity contribution in [3.63, 3.8) is 0 Å². The molecule has 18 heavy (non-hydrogen) atoms. The number of likely N-dealkylation sites (tertiary alicyclic amines) is 1. The summed E-state index contributed by atoms with van der Waals surface area (Å²) in [5.41, 5.74) is 0.998. The number of carbonyl (C=O) groups is 2. The average molecular weight is 267 g/mol. The molecule has 1 N–H and O–H groups in total. The molecule has 1 saturated heterocycles. The maximum Gasteiger partial charge on any atom is 0.309 e. The quantitative estimate of drug-likeness (QED) is 0.914. The van der Waals surface area contributed by atoms with Crippen LogP contribution in [0.25, 0.3) is 0 Å². The number of amides is 1. The van der Waals surface area contributed by atoms with E-state index in [1.165, 1.54) is 0 Å². The smallest absolute Gasteiger partial charge is 0.309 e. The van der Waals surface area contributed by atoms with Gasteiger partial charge < -0.3 is 10.0 Å². The first-order chi connectivity index (χ1) is 8.45. The van der Waals surface area contributed by atoms with E-state index in [1.54, 1.807) is 16.2 Å². The van der Waals surface area contributed by atoms with E-state index in [-0.39, 0.29) is 18.4 Å². The number of aliphatic carboxylic acids is 1. The summed E-state index contributed by atoms with van der Waals surface area (Å²) in [5.74, 6) is -1.56. The van der Waals surface area contributed by atoms with Crippen molar-refractivity contribution >= 4 is 23.2 Å². The highest BCUT2D eigenvalue weighted by atomic mass is 32.1. The molecule has 1 aromatic heterocycles. The third-order valence-corrected chi connectivity index (χ3v) is 4.47. The summed E-state index contributed by atoms with van der Waals surface area (Å²) >= 11 is 1.65. The van der Waals surface area contributed by atoms with Gasteiger partial charge in [0.05, 0.1) is 12.0 Å². The van der Waals surface area contributed by atoms with Crippen LogP contribution in [0, 0.1) is 19.8 Å². The Balaban J connectivity index is 2.46. The average Bonchev–Trinajstić information content (AvgIpc) is 2.78. The number of hydrogen-bond acceptors (Lipinski definition) is 3. The molecule has 98 valence electrons. The van der Waals surface area contributed by atoms with Gasteiger partial charge in [0.2, 0.25) is 5.91 Å². The van der Waals surface area contributed by atoms with Gasteiger partial charge in [-0.15, -0.1) is 11.3 Å². The topological polar surface area (TPSA) is 57.6 Å². The first kappa shape index (κ1) is 13.1. The van der Waals surface area contributed by atoms with Gasteiger partial charge in [-0.05, 0) is 32.4 Å². The fraction of sp³-hybridized carbons (Fsp3) is 0.538. The van der Waals surface area contributed by atoms with E-state index in [0.717, 1.165) is 15.3 Å². The number of carboxylic acid groups (broad SMARTS) is 1. The number of carboxylic acids is 1. The Morgan fingerprint density at radius 1 is 1.56 bits per heavy atom. The molecular weight excluding hydrogens is 250 g/mol. The van der Waals surface area contributed by atoms with Crippen molar-refractivity contribution in [2.75, 3.05) is 6.54 Å². The summed E-state index contributed by atoms with van der Waals surface area (Å²) in [6.45, 7) is 6.44. The molecule has 0 aromatic carbocycles. The highest BCUT2D eigenvalue weighted by molar-refractivity contribution is 7.12. The Morgan fingerprint density at radius 2 is 2.22 bits per heavy atom. The molecule has 5 heteroatoms. The second-order valence-electron chi connectivity index (χ2n) is 4.64. The molecule has 2 atom stereocenters. The SMILES string of the molecule is CCN1C(=O)CC(C(=O)O)C1c1cc(C)sc1C. The molecule has 1 aliphatic rings. The normalized spacial score (nSPS) is 23.7. The second kappa shape index (κ2) is 4.72. The van der Waals surface area contributed by atoms with Gasteiger partial charge in [-0.2, -0.15) is 0 Å². The van der Waals surface area contributed by atoms with Gasteiger partial charge in [0.15, 0.2) is 0 Å². The molecule has 1 aromatic rings. The van der Waals surface area contributed by atoms with E-state index in [2.05, 4.69) is 0 Å². The van der Waals surface area contributed by atoms with E-state index in [9.17, 15) is 14.7 Å². The molecule has 1 amide bonds. The van der Waals surface area contributed by atoms with Crippen molar-refractivity contribution < 1.29 is 14.7 Å². The maximum absolute atomic E-state index is 11.9. The molecule has 2 rings (SSSR count). The number of rotatable bonds is 3. The minimum Gasteiger partial charge on any atom is -0.481 e. The molecule has 4 nitrogen and oxygen atoms in total. The second-order valence-corrected chi connectivity index (χ2v) is 6.10. The van der Waals surface area contributed by atoms with Gasteiger partial charge in [-0.1, -0.05) is 0 Å². The minimum absolute atomic E-state index is 0.0573. The van der Waals surface area contributed by atoms with Gasteiger partial charge in [-0.3, -0.25) is 9.59 Å². The van der Waals surface area contributed by atoms with Crippen molar-refractivity contribution in [3.05, 3.63) is 21.4 Å². The number of nitrogens with zero attached hydrogens (tertiary/aromatic N) is 1. The summed E-state index contributed by atoms with van der Waals surface area (Å²) in [4.78, 5) is 27.2. The largest absolute Gasteiger partial charge is 0.481 e. The van der Waals surface area contributed by atoms with Gasteiger partial charge in [0.25, 0.3) is 0 Å². The van der Waals surface area contributed by atoms with E-state index in [0.29, 0.717) is 6.54 Å². The van der Waals surface area contributed by atoms with Crippen LogP contribution >= 0.6 is 11.3 Å². The van der Waals surface area contributed by atoms with Gasteiger partial charge >= 0.3 is 5.97 Å². The zero-order valence-electron chi connectivity index (χ0n) is 10.8. The Bertz CT molecular complexity index is 494. The van der Waals surface area contributed by atoms with E-state index in [1.807, 2.05) is 26.8 Å². The molecule has 0 saturated carbocycles. The zero-order chi connectivity index (χ0) is 13.4. The van der Waals surface area contributed by atoms with Crippen LogP contribution in [0.2, 0.25) is 0 Å². The standard InChI is InChI=1S/C13H17NO3S/c1-4-14-11(15)6-10(13(16)17)12(14)9-5-7(2)18-8(9)3/h5,10,12H,4,6H2,1-3H3,(H,16,17). The van der Waals surface area contributed by atoms with Crippen molar-refractivity contribution in [3.8, 4) is 0 Å². The van der Waals surface area contributed by atoms with E-state index < -0.39 is 11.9 Å². The maximum atomic E-state index is 11.9. The molecule has 0 aliphatic carbocycles. The van der Waals surface area contributed by atoms with Crippen LogP contribution in [0.3, 0.4) is 0 Å². The van der Waals surface area contributed by atoms with Gasteiger partial charge in [0, 0.05) is 22.7 Å². The Hall–Kier alpha value is -1.36. The minimum atomic E-state index is -0.882. The van der Waals surface area contributed by atoms with E-state index in [4.69, 9.17) is 0 Å².